The van der Waals surface area contributed by atoms with Gasteiger partial charge in [0.25, 0.3) is 0 Å². The fraction of sp³-hybridized carbons (Fsp3) is 0.600. The van der Waals surface area contributed by atoms with Gasteiger partial charge in [0.05, 0.1) is 13.2 Å². The van der Waals surface area contributed by atoms with Gasteiger partial charge in [-0.15, -0.1) is 0 Å². The number of hydrogen-bond acceptors (Lipinski definition) is 3. The monoisotopic (exact) mass is 247 g/mol. The van der Waals surface area contributed by atoms with Crippen molar-refractivity contribution in [3.8, 4) is 11.5 Å². The smallest absolute Gasteiger partial charge is 0.161 e. The molecule has 3 nitrogen and oxygen atoms in total. The summed E-state index contributed by atoms with van der Waals surface area (Å²) >= 11 is 0. The summed E-state index contributed by atoms with van der Waals surface area (Å²) < 4.78 is 11.5. The zero-order valence-electron chi connectivity index (χ0n) is 10.9. The molecule has 18 heavy (non-hydrogen) atoms. The van der Waals surface area contributed by atoms with Crippen molar-refractivity contribution in [1.82, 2.24) is 0 Å². The lowest BCUT2D eigenvalue weighted by Crippen LogP contribution is -2.12. The maximum atomic E-state index is 6.09. The van der Waals surface area contributed by atoms with Crippen LogP contribution in [0.2, 0.25) is 0 Å². The van der Waals surface area contributed by atoms with Gasteiger partial charge in [0.1, 0.15) is 0 Å². The first-order valence-electron chi connectivity index (χ1n) is 6.88. The van der Waals surface area contributed by atoms with Crippen LogP contribution in [-0.4, -0.2) is 19.3 Å². The predicted octanol–water partition coefficient (Wildman–Crippen LogP) is 2.83. The van der Waals surface area contributed by atoms with Crippen LogP contribution in [0, 0.1) is 0 Å². The number of hydrogen-bond donors (Lipinski definition) is 1. The lowest BCUT2D eigenvalue weighted by Gasteiger charge is -2.16. The molecule has 98 valence electrons. The molecular formula is C15H21NO2. The van der Waals surface area contributed by atoms with E-state index in [9.17, 15) is 0 Å². The van der Waals surface area contributed by atoms with Gasteiger partial charge in [0.2, 0.25) is 0 Å². The molecule has 2 saturated carbocycles. The van der Waals surface area contributed by atoms with Crippen LogP contribution in [0.4, 0.5) is 0 Å². The molecule has 0 radical (unpaired) electrons. The van der Waals surface area contributed by atoms with Gasteiger partial charge in [-0.2, -0.15) is 0 Å². The van der Waals surface area contributed by atoms with Crippen molar-refractivity contribution in [3.05, 3.63) is 23.8 Å². The molecule has 2 aliphatic carbocycles. The van der Waals surface area contributed by atoms with E-state index in [1.807, 2.05) is 6.07 Å². The molecule has 0 aliphatic heterocycles. The van der Waals surface area contributed by atoms with E-state index >= 15 is 0 Å². The van der Waals surface area contributed by atoms with Gasteiger partial charge in [0.15, 0.2) is 11.5 Å². The van der Waals surface area contributed by atoms with Crippen molar-refractivity contribution in [1.29, 1.82) is 0 Å². The standard InChI is InChI=1S/C15H21NO2/c1-17-14-7-6-10(12-9-13(12)16)8-15(14)18-11-4-2-3-5-11/h6-8,11-13H,2-5,9,16H2,1H3. The minimum Gasteiger partial charge on any atom is -0.493 e. The maximum Gasteiger partial charge on any atom is 0.161 e. The summed E-state index contributed by atoms with van der Waals surface area (Å²) in [6.07, 6.45) is 6.34. The summed E-state index contributed by atoms with van der Waals surface area (Å²) in [5, 5.41) is 0. The molecule has 2 aliphatic rings. The predicted molar refractivity (Wildman–Crippen MR) is 71.2 cm³/mol. The summed E-state index contributed by atoms with van der Waals surface area (Å²) in [6.45, 7) is 0. The van der Waals surface area contributed by atoms with Crippen LogP contribution in [-0.2, 0) is 0 Å². The Hall–Kier alpha value is -1.22. The Morgan fingerprint density at radius 2 is 1.89 bits per heavy atom. The van der Waals surface area contributed by atoms with Gasteiger partial charge < -0.3 is 15.2 Å². The molecule has 1 aromatic rings. The summed E-state index contributed by atoms with van der Waals surface area (Å²) in [7, 11) is 1.69. The molecule has 0 spiro atoms. The van der Waals surface area contributed by atoms with E-state index in [2.05, 4.69) is 12.1 Å². The van der Waals surface area contributed by atoms with E-state index in [1.165, 1.54) is 18.4 Å². The fourth-order valence-corrected chi connectivity index (χ4v) is 2.80. The van der Waals surface area contributed by atoms with Gasteiger partial charge >= 0.3 is 0 Å². The Morgan fingerprint density at radius 1 is 1.17 bits per heavy atom. The van der Waals surface area contributed by atoms with Gasteiger partial charge in [-0.05, 0) is 49.8 Å². The Balaban J connectivity index is 1.80. The third-order valence-electron chi connectivity index (χ3n) is 4.05. The maximum absolute atomic E-state index is 6.09. The van der Waals surface area contributed by atoms with E-state index in [1.54, 1.807) is 7.11 Å². The molecule has 2 fully saturated rings. The molecule has 0 saturated heterocycles. The van der Waals surface area contributed by atoms with Gasteiger partial charge in [0, 0.05) is 12.0 Å². The summed E-state index contributed by atoms with van der Waals surface area (Å²) in [4.78, 5) is 0. The zero-order chi connectivity index (χ0) is 12.5. The number of nitrogens with two attached hydrogens (primary N) is 1. The normalized spacial score (nSPS) is 27.2. The average Bonchev–Trinajstić information content (AvgIpc) is 2.89. The fourth-order valence-electron chi connectivity index (χ4n) is 2.80. The van der Waals surface area contributed by atoms with Crippen LogP contribution in [0.3, 0.4) is 0 Å². The summed E-state index contributed by atoms with van der Waals surface area (Å²) in [5.74, 6) is 2.24. The van der Waals surface area contributed by atoms with Crippen molar-refractivity contribution in [2.24, 2.45) is 5.73 Å². The molecule has 0 heterocycles. The van der Waals surface area contributed by atoms with Crippen LogP contribution < -0.4 is 15.2 Å². The molecule has 0 bridgehead atoms. The zero-order valence-corrected chi connectivity index (χ0v) is 10.9. The second-order valence-electron chi connectivity index (χ2n) is 5.44. The second-order valence-corrected chi connectivity index (χ2v) is 5.44. The molecule has 0 aromatic heterocycles. The quantitative estimate of drug-likeness (QED) is 0.889. The number of methoxy groups -OCH3 is 1. The highest BCUT2D eigenvalue weighted by Crippen LogP contribution is 2.42. The molecule has 3 heteroatoms. The lowest BCUT2D eigenvalue weighted by atomic mass is 10.1. The van der Waals surface area contributed by atoms with Gasteiger partial charge in [-0.25, -0.2) is 0 Å². The van der Waals surface area contributed by atoms with Crippen LogP contribution in [0.15, 0.2) is 18.2 Å². The topological polar surface area (TPSA) is 44.5 Å². The third kappa shape index (κ3) is 2.32. The van der Waals surface area contributed by atoms with Crippen LogP contribution in [0.25, 0.3) is 0 Å². The average molecular weight is 247 g/mol. The molecule has 3 rings (SSSR count). The Kier molecular flexibility index (Phi) is 3.16. The number of rotatable bonds is 4. The second kappa shape index (κ2) is 4.81. The summed E-state index contributed by atoms with van der Waals surface area (Å²) in [6, 6.07) is 6.56. The van der Waals surface area contributed by atoms with Crippen LogP contribution in [0.1, 0.15) is 43.6 Å². The van der Waals surface area contributed by atoms with E-state index in [0.717, 1.165) is 30.8 Å². The number of ether oxygens (including phenoxy) is 2. The van der Waals surface area contributed by atoms with Crippen molar-refractivity contribution in [2.75, 3.05) is 7.11 Å². The molecule has 1 aromatic carbocycles. The van der Waals surface area contributed by atoms with Crippen molar-refractivity contribution in [2.45, 2.75) is 50.2 Å². The first-order chi connectivity index (χ1) is 8.78. The van der Waals surface area contributed by atoms with Gasteiger partial charge in [-0.3, -0.25) is 0 Å². The van der Waals surface area contributed by atoms with Crippen molar-refractivity contribution >= 4 is 0 Å². The minimum absolute atomic E-state index is 0.331. The Bertz CT molecular complexity index is 427. The highest BCUT2D eigenvalue weighted by atomic mass is 16.5. The summed E-state index contributed by atoms with van der Waals surface area (Å²) in [5.41, 5.74) is 7.20. The Labute approximate surface area is 108 Å². The lowest BCUT2D eigenvalue weighted by molar-refractivity contribution is 0.200. The first-order valence-corrected chi connectivity index (χ1v) is 6.88. The first kappa shape index (κ1) is 11.8. The van der Waals surface area contributed by atoms with E-state index in [0.29, 0.717) is 18.1 Å². The van der Waals surface area contributed by atoms with Crippen LogP contribution in [0.5, 0.6) is 11.5 Å². The van der Waals surface area contributed by atoms with Gasteiger partial charge in [-0.1, -0.05) is 6.07 Å². The van der Waals surface area contributed by atoms with E-state index < -0.39 is 0 Å². The van der Waals surface area contributed by atoms with Crippen molar-refractivity contribution in [3.63, 3.8) is 0 Å². The third-order valence-corrected chi connectivity index (χ3v) is 4.05. The van der Waals surface area contributed by atoms with E-state index in [4.69, 9.17) is 15.2 Å². The minimum atomic E-state index is 0.331. The molecule has 2 atom stereocenters. The SMILES string of the molecule is COc1ccc(C2CC2N)cc1OC1CCCC1. The van der Waals surface area contributed by atoms with Crippen LogP contribution >= 0.6 is 0 Å². The van der Waals surface area contributed by atoms with Crippen molar-refractivity contribution < 1.29 is 9.47 Å². The largest absolute Gasteiger partial charge is 0.493 e. The van der Waals surface area contributed by atoms with E-state index in [-0.39, 0.29) is 0 Å². The molecular weight excluding hydrogens is 226 g/mol. The Morgan fingerprint density at radius 3 is 2.50 bits per heavy atom. The highest BCUT2D eigenvalue weighted by Gasteiger charge is 2.35. The number of benzene rings is 1. The molecule has 0 amide bonds. The molecule has 2 unspecified atom stereocenters. The highest BCUT2D eigenvalue weighted by molar-refractivity contribution is 5.45. The molecule has 2 N–H and O–H groups in total.